The van der Waals surface area contributed by atoms with Crippen molar-refractivity contribution in [3.63, 3.8) is 0 Å². The van der Waals surface area contributed by atoms with Gasteiger partial charge in [0.15, 0.2) is 0 Å². The van der Waals surface area contributed by atoms with Crippen molar-refractivity contribution in [2.24, 2.45) is 5.92 Å². The molecule has 0 aromatic heterocycles. The van der Waals surface area contributed by atoms with Crippen molar-refractivity contribution in [1.82, 2.24) is 0 Å². The molecule has 3 rings (SSSR count). The van der Waals surface area contributed by atoms with Crippen LogP contribution >= 0.6 is 0 Å². The van der Waals surface area contributed by atoms with E-state index < -0.39 is 0 Å². The summed E-state index contributed by atoms with van der Waals surface area (Å²) in [5.41, 5.74) is 2.93. The van der Waals surface area contributed by atoms with E-state index in [9.17, 15) is 9.18 Å². The lowest BCUT2D eigenvalue weighted by Gasteiger charge is -2.28. The van der Waals surface area contributed by atoms with Crippen molar-refractivity contribution in [2.45, 2.75) is 84.2 Å². The molecule has 2 aromatic carbocycles. The summed E-state index contributed by atoms with van der Waals surface area (Å²) in [7, 11) is 0. The molecule has 0 radical (unpaired) electrons. The fourth-order valence-corrected chi connectivity index (χ4v) is 4.48. The summed E-state index contributed by atoms with van der Waals surface area (Å²) >= 11 is 0. The van der Waals surface area contributed by atoms with Crippen LogP contribution in [-0.4, -0.2) is 12.1 Å². The third-order valence-electron chi connectivity index (χ3n) is 6.30. The SMILES string of the molecule is CCCCCc1ccc(-c2ccc(C(=O)O[C@H]3CC[C@H](CCC)CC3)cc2)c(F)c1. The molecule has 2 nitrogen and oxygen atoms in total. The van der Waals surface area contributed by atoms with Crippen molar-refractivity contribution >= 4 is 5.97 Å². The van der Waals surface area contributed by atoms with Crippen LogP contribution in [0.15, 0.2) is 42.5 Å². The first-order valence-corrected chi connectivity index (χ1v) is 11.7. The van der Waals surface area contributed by atoms with Crippen LogP contribution in [-0.2, 0) is 11.2 Å². The molecule has 0 atom stereocenters. The van der Waals surface area contributed by atoms with Crippen LogP contribution in [0.25, 0.3) is 11.1 Å². The first-order valence-electron chi connectivity index (χ1n) is 11.7. The number of unbranched alkanes of at least 4 members (excludes halogenated alkanes) is 2. The molecule has 30 heavy (non-hydrogen) atoms. The number of carbonyl (C=O) groups is 1. The molecule has 1 saturated carbocycles. The summed E-state index contributed by atoms with van der Waals surface area (Å²) in [5.74, 6) is 0.313. The van der Waals surface area contributed by atoms with Crippen LogP contribution in [0.3, 0.4) is 0 Å². The van der Waals surface area contributed by atoms with Crippen molar-refractivity contribution in [2.75, 3.05) is 0 Å². The number of hydrogen-bond donors (Lipinski definition) is 0. The minimum atomic E-state index is -0.271. The summed E-state index contributed by atoms with van der Waals surface area (Å²) in [6, 6.07) is 12.6. The minimum Gasteiger partial charge on any atom is -0.459 e. The molecule has 0 amide bonds. The molecule has 2 aromatic rings. The number of carbonyl (C=O) groups excluding carboxylic acids is 1. The molecule has 0 bridgehead atoms. The summed E-state index contributed by atoms with van der Waals surface area (Å²) in [6.45, 7) is 4.39. The first kappa shape index (κ1) is 22.5. The summed E-state index contributed by atoms with van der Waals surface area (Å²) < 4.78 is 20.3. The molecule has 0 heterocycles. The predicted molar refractivity (Wildman–Crippen MR) is 121 cm³/mol. The second-order valence-electron chi connectivity index (χ2n) is 8.69. The molecular weight excluding hydrogens is 375 g/mol. The highest BCUT2D eigenvalue weighted by Gasteiger charge is 2.24. The molecule has 162 valence electrons. The normalized spacial score (nSPS) is 18.9. The molecule has 3 heteroatoms. The Labute approximate surface area is 180 Å². The topological polar surface area (TPSA) is 26.3 Å². The van der Waals surface area contributed by atoms with Gasteiger partial charge in [-0.3, -0.25) is 0 Å². The Hall–Kier alpha value is -2.16. The lowest BCUT2D eigenvalue weighted by atomic mass is 9.85. The molecule has 0 N–H and O–H groups in total. The minimum absolute atomic E-state index is 0.0305. The zero-order chi connectivity index (χ0) is 21.3. The van der Waals surface area contributed by atoms with Gasteiger partial charge in [-0.05, 0) is 73.8 Å². The number of halogens is 1. The standard InChI is InChI=1S/C27H35FO2/c1-3-5-6-8-21-11-18-25(26(28)19-21)22-12-14-23(15-13-22)27(29)30-24-16-9-20(7-4-2)10-17-24/h11-15,18-20,24H,3-10,16-17H2,1-2H3/t20-,24-. The van der Waals surface area contributed by atoms with Gasteiger partial charge in [-0.2, -0.15) is 0 Å². The molecule has 1 fully saturated rings. The van der Waals surface area contributed by atoms with Gasteiger partial charge in [0.05, 0.1) is 5.56 Å². The molecule has 0 aliphatic heterocycles. The summed E-state index contributed by atoms with van der Waals surface area (Å²) in [4.78, 5) is 12.5. The third-order valence-corrected chi connectivity index (χ3v) is 6.30. The van der Waals surface area contributed by atoms with Crippen LogP contribution in [0.1, 0.15) is 87.6 Å². The smallest absolute Gasteiger partial charge is 0.338 e. The van der Waals surface area contributed by atoms with Gasteiger partial charge in [-0.1, -0.05) is 63.8 Å². The highest BCUT2D eigenvalue weighted by atomic mass is 19.1. The van der Waals surface area contributed by atoms with Gasteiger partial charge < -0.3 is 4.74 Å². The van der Waals surface area contributed by atoms with Gasteiger partial charge in [0.25, 0.3) is 0 Å². The molecular formula is C27H35FO2. The van der Waals surface area contributed by atoms with Gasteiger partial charge in [0.1, 0.15) is 11.9 Å². The molecule has 1 aliphatic rings. The number of hydrogen-bond acceptors (Lipinski definition) is 2. The van der Waals surface area contributed by atoms with Gasteiger partial charge >= 0.3 is 5.97 Å². The lowest BCUT2D eigenvalue weighted by Crippen LogP contribution is -2.24. The number of aryl methyl sites for hydroxylation is 1. The monoisotopic (exact) mass is 410 g/mol. The molecule has 0 unspecified atom stereocenters. The summed E-state index contributed by atoms with van der Waals surface area (Å²) in [6.07, 6.45) is 11.1. The zero-order valence-corrected chi connectivity index (χ0v) is 18.5. The third kappa shape index (κ3) is 6.17. The van der Waals surface area contributed by atoms with Crippen LogP contribution < -0.4 is 0 Å². The molecule has 1 aliphatic carbocycles. The van der Waals surface area contributed by atoms with E-state index in [0.717, 1.165) is 62.0 Å². The van der Waals surface area contributed by atoms with E-state index in [2.05, 4.69) is 13.8 Å². The van der Waals surface area contributed by atoms with E-state index in [0.29, 0.717) is 11.1 Å². The quantitative estimate of drug-likeness (QED) is 0.312. The second-order valence-corrected chi connectivity index (χ2v) is 8.69. The largest absolute Gasteiger partial charge is 0.459 e. The molecule has 0 spiro atoms. The fraction of sp³-hybridized carbons (Fsp3) is 0.519. The Morgan fingerprint density at radius 2 is 1.70 bits per heavy atom. The number of rotatable bonds is 9. The van der Waals surface area contributed by atoms with Crippen molar-refractivity contribution in [3.8, 4) is 11.1 Å². The number of esters is 1. The average Bonchev–Trinajstić information content (AvgIpc) is 2.76. The van der Waals surface area contributed by atoms with Gasteiger partial charge in [-0.25, -0.2) is 9.18 Å². The molecule has 0 saturated heterocycles. The Morgan fingerprint density at radius 1 is 0.967 bits per heavy atom. The predicted octanol–water partition coefficient (Wildman–Crippen LogP) is 7.74. The van der Waals surface area contributed by atoms with E-state index in [4.69, 9.17) is 4.74 Å². The van der Waals surface area contributed by atoms with Crippen LogP contribution in [0.5, 0.6) is 0 Å². The second kappa shape index (κ2) is 11.3. The van der Waals surface area contributed by atoms with Gasteiger partial charge in [0.2, 0.25) is 0 Å². The van der Waals surface area contributed by atoms with Gasteiger partial charge in [0, 0.05) is 5.56 Å². The van der Waals surface area contributed by atoms with E-state index in [1.165, 1.54) is 19.3 Å². The maximum Gasteiger partial charge on any atom is 0.338 e. The first-order chi connectivity index (χ1) is 14.6. The van der Waals surface area contributed by atoms with Gasteiger partial charge in [-0.15, -0.1) is 0 Å². The number of ether oxygens (including phenoxy) is 1. The Kier molecular flexibility index (Phi) is 8.48. The van der Waals surface area contributed by atoms with Crippen LogP contribution in [0.4, 0.5) is 4.39 Å². The summed E-state index contributed by atoms with van der Waals surface area (Å²) in [5, 5.41) is 0. The Morgan fingerprint density at radius 3 is 2.33 bits per heavy atom. The van der Waals surface area contributed by atoms with E-state index in [1.807, 2.05) is 24.3 Å². The highest BCUT2D eigenvalue weighted by Crippen LogP contribution is 2.30. The van der Waals surface area contributed by atoms with Crippen LogP contribution in [0.2, 0.25) is 0 Å². The maximum absolute atomic E-state index is 14.6. The fourth-order valence-electron chi connectivity index (χ4n) is 4.48. The lowest BCUT2D eigenvalue weighted by molar-refractivity contribution is 0.0161. The van der Waals surface area contributed by atoms with Crippen LogP contribution in [0, 0.1) is 11.7 Å². The van der Waals surface area contributed by atoms with E-state index >= 15 is 0 Å². The van der Waals surface area contributed by atoms with E-state index in [1.54, 1.807) is 18.2 Å². The highest BCUT2D eigenvalue weighted by molar-refractivity contribution is 5.90. The zero-order valence-electron chi connectivity index (χ0n) is 18.5. The van der Waals surface area contributed by atoms with Crippen molar-refractivity contribution in [1.29, 1.82) is 0 Å². The van der Waals surface area contributed by atoms with Crippen molar-refractivity contribution in [3.05, 3.63) is 59.4 Å². The Balaban J connectivity index is 1.57. The maximum atomic E-state index is 14.6. The van der Waals surface area contributed by atoms with E-state index in [-0.39, 0.29) is 17.9 Å². The average molecular weight is 411 g/mol. The Bertz CT molecular complexity index is 804. The van der Waals surface area contributed by atoms with Crippen molar-refractivity contribution < 1.29 is 13.9 Å². The number of benzene rings is 2.